The lowest BCUT2D eigenvalue weighted by Gasteiger charge is -2.05. The van der Waals surface area contributed by atoms with Crippen LogP contribution in [-0.4, -0.2) is 25.7 Å². The lowest BCUT2D eigenvalue weighted by atomic mass is 10.2. The predicted molar refractivity (Wildman–Crippen MR) is 77.5 cm³/mol. The summed E-state index contributed by atoms with van der Waals surface area (Å²) in [6, 6.07) is 12.5. The van der Waals surface area contributed by atoms with E-state index in [0.29, 0.717) is 17.5 Å². The Labute approximate surface area is 120 Å². The summed E-state index contributed by atoms with van der Waals surface area (Å²) in [6.07, 6.45) is 1.59. The normalized spacial score (nSPS) is 10.5. The number of rotatable bonds is 3. The fourth-order valence-corrected chi connectivity index (χ4v) is 1.87. The van der Waals surface area contributed by atoms with Crippen molar-refractivity contribution in [2.75, 3.05) is 5.73 Å². The zero-order valence-corrected chi connectivity index (χ0v) is 11.0. The van der Waals surface area contributed by atoms with Crippen LogP contribution in [0.15, 0.2) is 48.7 Å². The van der Waals surface area contributed by atoms with Gasteiger partial charge in [0.1, 0.15) is 11.5 Å². The number of anilines is 1. The number of nitrogen functional groups attached to an aromatic ring is 1. The summed E-state index contributed by atoms with van der Waals surface area (Å²) >= 11 is 0. The zero-order valence-electron chi connectivity index (χ0n) is 11.0. The Hall–Kier alpha value is -3.22. The molecule has 0 unspecified atom stereocenters. The van der Waals surface area contributed by atoms with Crippen molar-refractivity contribution in [2.24, 2.45) is 5.73 Å². The summed E-state index contributed by atoms with van der Waals surface area (Å²) in [5.74, 6) is 0.671. The molecule has 0 bridgehead atoms. The number of aromatic nitrogens is 4. The van der Waals surface area contributed by atoms with Crippen molar-refractivity contribution < 1.29 is 4.79 Å². The molecule has 3 rings (SSSR count). The Kier molecular flexibility index (Phi) is 3.07. The van der Waals surface area contributed by atoms with E-state index in [4.69, 9.17) is 11.5 Å². The highest BCUT2D eigenvalue weighted by molar-refractivity contribution is 5.90. The molecule has 2 aromatic heterocycles. The zero-order chi connectivity index (χ0) is 14.8. The van der Waals surface area contributed by atoms with Gasteiger partial charge in [-0.15, -0.1) is 0 Å². The van der Waals surface area contributed by atoms with Crippen LogP contribution in [0.4, 0.5) is 5.82 Å². The van der Waals surface area contributed by atoms with Gasteiger partial charge in [-0.25, -0.2) is 14.6 Å². The van der Waals surface area contributed by atoms with E-state index >= 15 is 0 Å². The Balaban J connectivity index is 2.07. The molecular formula is C14H12N6O. The molecule has 7 heteroatoms. The first-order valence-corrected chi connectivity index (χ1v) is 6.19. The van der Waals surface area contributed by atoms with Crippen molar-refractivity contribution in [3.8, 4) is 17.2 Å². The smallest absolute Gasteiger partial charge is 0.269 e. The molecule has 0 radical (unpaired) electrons. The SMILES string of the molecule is NC(=O)c1ccn(-c2cc(N)nc(-c3ccccc3)n2)n1. The molecular weight excluding hydrogens is 268 g/mol. The van der Waals surface area contributed by atoms with Crippen molar-refractivity contribution in [1.29, 1.82) is 0 Å². The Morgan fingerprint density at radius 1 is 1.10 bits per heavy atom. The third-order valence-electron chi connectivity index (χ3n) is 2.84. The molecule has 0 saturated heterocycles. The van der Waals surface area contributed by atoms with Gasteiger partial charge in [-0.05, 0) is 6.07 Å². The summed E-state index contributed by atoms with van der Waals surface area (Å²) in [5.41, 5.74) is 12.0. The van der Waals surface area contributed by atoms with Gasteiger partial charge in [0.05, 0.1) is 0 Å². The Morgan fingerprint density at radius 2 is 1.86 bits per heavy atom. The van der Waals surface area contributed by atoms with Crippen molar-refractivity contribution >= 4 is 11.7 Å². The minimum absolute atomic E-state index is 0.161. The highest BCUT2D eigenvalue weighted by Crippen LogP contribution is 2.18. The Morgan fingerprint density at radius 3 is 2.52 bits per heavy atom. The number of benzene rings is 1. The standard InChI is InChI=1S/C14H12N6O/c15-11-8-12(20-7-6-10(19-20)13(16)21)18-14(17-11)9-4-2-1-3-5-9/h1-8H,(H2,16,21)(H2,15,17,18). The molecule has 0 fully saturated rings. The lowest BCUT2D eigenvalue weighted by Crippen LogP contribution is -2.12. The third-order valence-corrected chi connectivity index (χ3v) is 2.84. The van der Waals surface area contributed by atoms with Crippen molar-refractivity contribution in [3.63, 3.8) is 0 Å². The number of hydrogen-bond donors (Lipinski definition) is 2. The molecule has 3 aromatic rings. The van der Waals surface area contributed by atoms with Gasteiger partial charge >= 0.3 is 0 Å². The Bertz CT molecular complexity index is 796. The maximum atomic E-state index is 11.1. The summed E-state index contributed by atoms with van der Waals surface area (Å²) < 4.78 is 1.44. The van der Waals surface area contributed by atoms with Gasteiger partial charge in [-0.3, -0.25) is 4.79 Å². The average molecular weight is 280 g/mol. The van der Waals surface area contributed by atoms with Crippen LogP contribution < -0.4 is 11.5 Å². The highest BCUT2D eigenvalue weighted by Gasteiger charge is 2.10. The van der Waals surface area contributed by atoms with E-state index in [1.54, 1.807) is 12.3 Å². The van der Waals surface area contributed by atoms with Crippen molar-refractivity contribution in [3.05, 3.63) is 54.4 Å². The molecule has 0 aliphatic rings. The molecule has 0 saturated carbocycles. The molecule has 21 heavy (non-hydrogen) atoms. The van der Waals surface area contributed by atoms with E-state index in [-0.39, 0.29) is 5.69 Å². The molecule has 0 aliphatic carbocycles. The number of nitrogens with two attached hydrogens (primary N) is 2. The third kappa shape index (κ3) is 2.57. The van der Waals surface area contributed by atoms with Gasteiger partial charge in [0.15, 0.2) is 11.6 Å². The molecule has 0 spiro atoms. The fourth-order valence-electron chi connectivity index (χ4n) is 1.87. The maximum absolute atomic E-state index is 11.1. The topological polar surface area (TPSA) is 113 Å². The number of carbonyl (C=O) groups excluding carboxylic acids is 1. The average Bonchev–Trinajstić information content (AvgIpc) is 2.98. The van der Waals surface area contributed by atoms with Gasteiger partial charge in [-0.2, -0.15) is 5.10 Å². The first-order chi connectivity index (χ1) is 10.1. The van der Waals surface area contributed by atoms with Gasteiger partial charge < -0.3 is 11.5 Å². The molecule has 1 aromatic carbocycles. The summed E-state index contributed by atoms with van der Waals surface area (Å²) in [5, 5.41) is 4.05. The molecule has 0 atom stereocenters. The monoisotopic (exact) mass is 280 g/mol. The second-order valence-electron chi connectivity index (χ2n) is 4.35. The molecule has 0 aliphatic heterocycles. The van der Waals surface area contributed by atoms with E-state index in [0.717, 1.165) is 5.56 Å². The van der Waals surface area contributed by atoms with Crippen LogP contribution in [0, 0.1) is 0 Å². The second kappa shape index (κ2) is 5.04. The van der Waals surface area contributed by atoms with Crippen LogP contribution in [0.1, 0.15) is 10.5 Å². The van der Waals surface area contributed by atoms with E-state index in [2.05, 4.69) is 15.1 Å². The lowest BCUT2D eigenvalue weighted by molar-refractivity contribution is 0.0995. The number of amides is 1. The first kappa shape index (κ1) is 12.8. The molecule has 2 heterocycles. The summed E-state index contributed by atoms with van der Waals surface area (Å²) in [6.45, 7) is 0. The first-order valence-electron chi connectivity index (χ1n) is 6.19. The number of primary amides is 1. The predicted octanol–water partition coefficient (Wildman–Crippen LogP) is 1.01. The van der Waals surface area contributed by atoms with Crippen LogP contribution in [0.5, 0.6) is 0 Å². The second-order valence-corrected chi connectivity index (χ2v) is 4.35. The van der Waals surface area contributed by atoms with Gasteiger partial charge in [0.2, 0.25) is 0 Å². The van der Waals surface area contributed by atoms with E-state index in [1.165, 1.54) is 10.7 Å². The minimum atomic E-state index is -0.598. The van der Waals surface area contributed by atoms with Gasteiger partial charge in [0.25, 0.3) is 5.91 Å². The van der Waals surface area contributed by atoms with Crippen LogP contribution in [0.25, 0.3) is 17.2 Å². The quantitative estimate of drug-likeness (QED) is 0.743. The molecule has 4 N–H and O–H groups in total. The number of carbonyl (C=O) groups is 1. The minimum Gasteiger partial charge on any atom is -0.384 e. The van der Waals surface area contributed by atoms with E-state index in [1.807, 2.05) is 30.3 Å². The summed E-state index contributed by atoms with van der Waals surface area (Å²) in [7, 11) is 0. The van der Waals surface area contributed by atoms with E-state index in [9.17, 15) is 4.79 Å². The van der Waals surface area contributed by atoms with Crippen molar-refractivity contribution in [2.45, 2.75) is 0 Å². The van der Waals surface area contributed by atoms with Crippen LogP contribution in [0.2, 0.25) is 0 Å². The van der Waals surface area contributed by atoms with Crippen molar-refractivity contribution in [1.82, 2.24) is 19.7 Å². The van der Waals surface area contributed by atoms with Crippen LogP contribution in [-0.2, 0) is 0 Å². The molecule has 7 nitrogen and oxygen atoms in total. The van der Waals surface area contributed by atoms with Crippen LogP contribution >= 0.6 is 0 Å². The van der Waals surface area contributed by atoms with Gasteiger partial charge in [-0.1, -0.05) is 30.3 Å². The molecule has 104 valence electrons. The van der Waals surface area contributed by atoms with Crippen LogP contribution in [0.3, 0.4) is 0 Å². The summed E-state index contributed by atoms with van der Waals surface area (Å²) in [4.78, 5) is 19.7. The largest absolute Gasteiger partial charge is 0.384 e. The number of hydrogen-bond acceptors (Lipinski definition) is 5. The van der Waals surface area contributed by atoms with Gasteiger partial charge in [0, 0.05) is 17.8 Å². The maximum Gasteiger partial charge on any atom is 0.269 e. The highest BCUT2D eigenvalue weighted by atomic mass is 16.1. The fraction of sp³-hybridized carbons (Fsp3) is 0. The van der Waals surface area contributed by atoms with E-state index < -0.39 is 5.91 Å². The molecule has 1 amide bonds. The number of nitrogens with zero attached hydrogens (tertiary/aromatic N) is 4.